The molecule has 0 aliphatic carbocycles. The Morgan fingerprint density at radius 3 is 2.30 bits per heavy atom. The van der Waals surface area contributed by atoms with Gasteiger partial charge in [0.05, 0.1) is 12.1 Å². The lowest BCUT2D eigenvalue weighted by Crippen LogP contribution is -1.99. The van der Waals surface area contributed by atoms with Crippen molar-refractivity contribution in [3.8, 4) is 21.8 Å². The molecule has 0 aliphatic rings. The van der Waals surface area contributed by atoms with Crippen molar-refractivity contribution in [2.75, 3.05) is 0 Å². The lowest BCUT2D eigenvalue weighted by atomic mass is 10.1. The lowest BCUT2D eigenvalue weighted by molar-refractivity contribution is -0.136. The molecule has 1 N–H and O–H groups in total. The van der Waals surface area contributed by atoms with Crippen LogP contribution in [-0.2, 0) is 11.2 Å². The molecule has 5 heteroatoms. The molecule has 0 fully saturated rings. The highest BCUT2D eigenvalue weighted by Crippen LogP contribution is 2.34. The summed E-state index contributed by atoms with van der Waals surface area (Å²) in [6.45, 7) is 2.02. The van der Waals surface area contributed by atoms with Gasteiger partial charge in [-0.15, -0.1) is 11.3 Å². The van der Waals surface area contributed by atoms with E-state index >= 15 is 0 Å². The van der Waals surface area contributed by atoms with Crippen molar-refractivity contribution < 1.29 is 9.90 Å². The molecule has 1 aromatic heterocycles. The Labute approximate surface area is 143 Å². The molecular weight excluding hydrogens is 330 g/mol. The van der Waals surface area contributed by atoms with Crippen LogP contribution in [0.1, 0.15) is 10.4 Å². The number of halogens is 1. The van der Waals surface area contributed by atoms with E-state index in [4.69, 9.17) is 16.7 Å². The van der Waals surface area contributed by atoms with Crippen LogP contribution in [0.25, 0.3) is 21.8 Å². The smallest absolute Gasteiger partial charge is 0.308 e. The summed E-state index contributed by atoms with van der Waals surface area (Å²) < 4.78 is 0. The fourth-order valence-electron chi connectivity index (χ4n) is 2.26. The van der Waals surface area contributed by atoms with E-state index in [0.717, 1.165) is 32.3 Å². The summed E-state index contributed by atoms with van der Waals surface area (Å²) in [4.78, 5) is 16.6. The molecule has 0 aliphatic heterocycles. The number of hydrogen-bond donors (Lipinski definition) is 1. The first-order valence-corrected chi connectivity index (χ1v) is 8.27. The Kier molecular flexibility index (Phi) is 4.46. The minimum absolute atomic E-state index is 0.0333. The highest BCUT2D eigenvalue weighted by molar-refractivity contribution is 7.15. The summed E-state index contributed by atoms with van der Waals surface area (Å²) in [5.41, 5.74) is 3.76. The average Bonchev–Trinajstić information content (AvgIpc) is 2.92. The predicted octanol–water partition coefficient (Wildman–Crippen LogP) is 5.07. The second kappa shape index (κ2) is 6.52. The largest absolute Gasteiger partial charge is 0.481 e. The fourth-order valence-corrected chi connectivity index (χ4v) is 3.47. The van der Waals surface area contributed by atoms with Gasteiger partial charge in [-0.1, -0.05) is 53.6 Å². The van der Waals surface area contributed by atoms with Crippen LogP contribution in [0.2, 0.25) is 5.02 Å². The standard InChI is InChI=1S/C18H14ClNO2S/c1-11-2-4-12(5-3-11)17-15(10-16(21)22)23-18(20-17)13-6-8-14(19)9-7-13/h2-9H,10H2,1H3,(H,21,22). The van der Waals surface area contributed by atoms with Gasteiger partial charge in [-0.3, -0.25) is 4.79 Å². The molecule has 116 valence electrons. The van der Waals surface area contributed by atoms with Crippen molar-refractivity contribution >= 4 is 28.9 Å². The Balaban J connectivity index is 2.08. The van der Waals surface area contributed by atoms with Crippen LogP contribution in [0.3, 0.4) is 0 Å². The zero-order chi connectivity index (χ0) is 16.4. The Morgan fingerprint density at radius 1 is 1.09 bits per heavy atom. The summed E-state index contributed by atoms with van der Waals surface area (Å²) in [6, 6.07) is 15.3. The van der Waals surface area contributed by atoms with Crippen molar-refractivity contribution in [2.24, 2.45) is 0 Å². The highest BCUT2D eigenvalue weighted by atomic mass is 35.5. The number of aliphatic carboxylic acids is 1. The molecule has 1 heterocycles. The third-order valence-electron chi connectivity index (χ3n) is 3.43. The van der Waals surface area contributed by atoms with Gasteiger partial charge in [0.2, 0.25) is 0 Å². The number of benzene rings is 2. The van der Waals surface area contributed by atoms with E-state index in [9.17, 15) is 4.79 Å². The van der Waals surface area contributed by atoms with Gasteiger partial charge in [0.25, 0.3) is 0 Å². The third kappa shape index (κ3) is 3.60. The molecule has 23 heavy (non-hydrogen) atoms. The van der Waals surface area contributed by atoms with Crippen molar-refractivity contribution in [2.45, 2.75) is 13.3 Å². The summed E-state index contributed by atoms with van der Waals surface area (Å²) in [5, 5.41) is 10.6. The van der Waals surface area contributed by atoms with Crippen LogP contribution in [0, 0.1) is 6.92 Å². The number of carboxylic acids is 1. The van der Waals surface area contributed by atoms with E-state index < -0.39 is 5.97 Å². The van der Waals surface area contributed by atoms with E-state index in [1.54, 1.807) is 12.1 Å². The van der Waals surface area contributed by atoms with Gasteiger partial charge in [0, 0.05) is 21.0 Å². The van der Waals surface area contributed by atoms with Gasteiger partial charge in [-0.2, -0.15) is 0 Å². The van der Waals surface area contributed by atoms with E-state index in [0.29, 0.717) is 5.02 Å². The number of rotatable bonds is 4. The second-order valence-electron chi connectivity index (χ2n) is 5.23. The molecule has 0 saturated heterocycles. The summed E-state index contributed by atoms with van der Waals surface area (Å²) in [6.07, 6.45) is -0.0333. The molecule has 0 spiro atoms. The Hall–Kier alpha value is -2.17. The van der Waals surface area contributed by atoms with Crippen LogP contribution in [0.4, 0.5) is 0 Å². The molecular formula is C18H14ClNO2S. The molecule has 0 unspecified atom stereocenters. The molecule has 3 aromatic rings. The molecule has 3 nitrogen and oxygen atoms in total. The van der Waals surface area contributed by atoms with Crippen LogP contribution in [0.5, 0.6) is 0 Å². The van der Waals surface area contributed by atoms with Gasteiger partial charge in [-0.05, 0) is 19.1 Å². The number of nitrogens with zero attached hydrogens (tertiary/aromatic N) is 1. The van der Waals surface area contributed by atoms with E-state index in [2.05, 4.69) is 4.98 Å². The van der Waals surface area contributed by atoms with Gasteiger partial charge >= 0.3 is 5.97 Å². The number of hydrogen-bond acceptors (Lipinski definition) is 3. The van der Waals surface area contributed by atoms with Gasteiger partial charge in [0.1, 0.15) is 5.01 Å². The van der Waals surface area contributed by atoms with E-state index in [1.165, 1.54) is 11.3 Å². The van der Waals surface area contributed by atoms with Crippen molar-refractivity contribution in [3.63, 3.8) is 0 Å². The minimum Gasteiger partial charge on any atom is -0.481 e. The first-order chi connectivity index (χ1) is 11.0. The monoisotopic (exact) mass is 343 g/mol. The maximum Gasteiger partial charge on any atom is 0.308 e. The van der Waals surface area contributed by atoms with Gasteiger partial charge < -0.3 is 5.11 Å². The number of thiazole rings is 1. The van der Waals surface area contributed by atoms with Crippen LogP contribution < -0.4 is 0 Å². The minimum atomic E-state index is -0.857. The topological polar surface area (TPSA) is 50.2 Å². The van der Waals surface area contributed by atoms with Crippen LogP contribution in [0.15, 0.2) is 48.5 Å². The maximum atomic E-state index is 11.2. The van der Waals surface area contributed by atoms with Crippen LogP contribution in [-0.4, -0.2) is 16.1 Å². The summed E-state index contributed by atoms with van der Waals surface area (Å²) >= 11 is 7.33. The van der Waals surface area contributed by atoms with Crippen LogP contribution >= 0.6 is 22.9 Å². The number of carboxylic acid groups (broad SMARTS) is 1. The maximum absolute atomic E-state index is 11.2. The Bertz CT molecular complexity index is 838. The number of aryl methyl sites for hydroxylation is 1. The number of aromatic nitrogens is 1. The van der Waals surface area contributed by atoms with Crippen molar-refractivity contribution in [1.82, 2.24) is 4.98 Å². The molecule has 0 amide bonds. The fraction of sp³-hybridized carbons (Fsp3) is 0.111. The summed E-state index contributed by atoms with van der Waals surface area (Å²) in [5.74, 6) is -0.857. The van der Waals surface area contributed by atoms with Gasteiger partial charge in [0.15, 0.2) is 0 Å². The third-order valence-corrected chi connectivity index (χ3v) is 4.78. The molecule has 2 aromatic carbocycles. The molecule has 3 rings (SSSR count). The predicted molar refractivity (Wildman–Crippen MR) is 94.1 cm³/mol. The molecule has 0 atom stereocenters. The van der Waals surface area contributed by atoms with E-state index in [-0.39, 0.29) is 6.42 Å². The molecule has 0 saturated carbocycles. The SMILES string of the molecule is Cc1ccc(-c2nc(-c3ccc(Cl)cc3)sc2CC(=O)O)cc1. The zero-order valence-corrected chi connectivity index (χ0v) is 14.0. The zero-order valence-electron chi connectivity index (χ0n) is 12.4. The van der Waals surface area contributed by atoms with Crippen molar-refractivity contribution in [1.29, 1.82) is 0 Å². The van der Waals surface area contributed by atoms with E-state index in [1.807, 2.05) is 43.3 Å². The quantitative estimate of drug-likeness (QED) is 0.719. The second-order valence-corrected chi connectivity index (χ2v) is 6.75. The molecule has 0 bridgehead atoms. The molecule has 0 radical (unpaired) electrons. The van der Waals surface area contributed by atoms with Crippen molar-refractivity contribution in [3.05, 3.63) is 64.0 Å². The normalized spacial score (nSPS) is 10.7. The average molecular weight is 344 g/mol. The van der Waals surface area contributed by atoms with Gasteiger partial charge in [-0.25, -0.2) is 4.98 Å². The first kappa shape index (κ1) is 15.7. The highest BCUT2D eigenvalue weighted by Gasteiger charge is 2.16. The first-order valence-electron chi connectivity index (χ1n) is 7.07. The number of carbonyl (C=O) groups is 1. The lowest BCUT2D eigenvalue weighted by Gasteiger charge is -2.01. The Morgan fingerprint density at radius 2 is 1.70 bits per heavy atom. The summed E-state index contributed by atoms with van der Waals surface area (Å²) in [7, 11) is 0.